The molecule has 0 aliphatic heterocycles. The van der Waals surface area contributed by atoms with Crippen molar-refractivity contribution < 1.29 is 4.68 Å². The van der Waals surface area contributed by atoms with E-state index in [1.807, 2.05) is 6.08 Å². The Morgan fingerprint density at radius 1 is 1.47 bits per heavy atom. The lowest BCUT2D eigenvalue weighted by Crippen LogP contribution is -2.38. The molecule has 0 atom stereocenters. The highest BCUT2D eigenvalue weighted by Gasteiger charge is 2.22. The van der Waals surface area contributed by atoms with Crippen LogP contribution in [0.3, 0.4) is 0 Å². The number of hydrogen-bond donors (Lipinski definition) is 0. The fraction of sp³-hybridized carbons (Fsp3) is 0.500. The fourth-order valence-electron chi connectivity index (χ4n) is 2.12. The van der Waals surface area contributed by atoms with Gasteiger partial charge in [-0.2, -0.15) is 4.68 Å². The van der Waals surface area contributed by atoms with Gasteiger partial charge in [0.05, 0.1) is 6.54 Å². The Morgan fingerprint density at radius 3 is 2.41 bits per heavy atom. The molecule has 0 aromatic carbocycles. The van der Waals surface area contributed by atoms with Crippen molar-refractivity contribution in [1.29, 1.82) is 0 Å². The second kappa shape index (κ2) is 5.21. The van der Waals surface area contributed by atoms with E-state index in [1.165, 1.54) is 22.5 Å². The molecule has 0 aliphatic carbocycles. The normalized spacial score (nSPS) is 10.2. The van der Waals surface area contributed by atoms with Crippen molar-refractivity contribution >= 4 is 11.3 Å². The van der Waals surface area contributed by atoms with Crippen LogP contribution in [0.25, 0.3) is 5.57 Å². The van der Waals surface area contributed by atoms with Crippen molar-refractivity contribution in [1.82, 2.24) is 4.68 Å². The first-order valence-electron chi connectivity index (χ1n) is 6.01. The third-order valence-corrected chi connectivity index (χ3v) is 2.97. The molecule has 94 valence electrons. The van der Waals surface area contributed by atoms with Gasteiger partial charge in [0.2, 0.25) is 6.20 Å². The molecule has 0 saturated carbocycles. The number of hydrogen-bond acceptors (Lipinski definition) is 1. The van der Waals surface area contributed by atoms with Gasteiger partial charge in [0.25, 0.3) is 0 Å². The molecule has 0 fully saturated rings. The third kappa shape index (κ3) is 2.43. The Hall–Kier alpha value is -1.51. The first-order valence-corrected chi connectivity index (χ1v) is 6.01. The van der Waals surface area contributed by atoms with Crippen molar-refractivity contribution in [2.45, 2.75) is 27.3 Å². The van der Waals surface area contributed by atoms with E-state index in [2.05, 4.69) is 69.0 Å². The van der Waals surface area contributed by atoms with Gasteiger partial charge in [-0.3, -0.25) is 0 Å². The van der Waals surface area contributed by atoms with Crippen LogP contribution in [0.15, 0.2) is 24.4 Å². The smallest absolute Gasteiger partial charge is 0.219 e. The maximum atomic E-state index is 3.94. The van der Waals surface area contributed by atoms with Crippen LogP contribution in [0.1, 0.15) is 26.5 Å². The summed E-state index contributed by atoms with van der Waals surface area (Å²) in [5.74, 6) is 0. The molecule has 1 rings (SSSR count). The molecule has 1 aromatic rings. The summed E-state index contributed by atoms with van der Waals surface area (Å²) in [6.07, 6.45) is 4.11. The molecule has 17 heavy (non-hydrogen) atoms. The van der Waals surface area contributed by atoms with E-state index < -0.39 is 0 Å². The van der Waals surface area contributed by atoms with E-state index in [-0.39, 0.29) is 0 Å². The molecule has 1 heterocycles. The van der Waals surface area contributed by atoms with E-state index >= 15 is 0 Å². The largest absolute Gasteiger partial charge is 0.371 e. The number of rotatable bonds is 4. The van der Waals surface area contributed by atoms with Crippen LogP contribution in [0.2, 0.25) is 0 Å². The van der Waals surface area contributed by atoms with Crippen LogP contribution < -0.4 is 9.58 Å². The van der Waals surface area contributed by atoms with Gasteiger partial charge in [-0.25, -0.2) is 0 Å². The summed E-state index contributed by atoms with van der Waals surface area (Å²) in [5.41, 5.74) is 4.98. The number of aromatic nitrogens is 2. The van der Waals surface area contributed by atoms with Crippen LogP contribution in [-0.4, -0.2) is 18.8 Å². The summed E-state index contributed by atoms with van der Waals surface area (Å²) in [7, 11) is 6.22. The summed E-state index contributed by atoms with van der Waals surface area (Å²) < 4.78 is 4.40. The van der Waals surface area contributed by atoms with E-state index in [9.17, 15) is 0 Å². The predicted molar refractivity (Wildman–Crippen MR) is 74.1 cm³/mol. The molecule has 0 N–H and O–H groups in total. The fourth-order valence-corrected chi connectivity index (χ4v) is 2.12. The minimum Gasteiger partial charge on any atom is -0.371 e. The van der Waals surface area contributed by atoms with Crippen LogP contribution in [0, 0.1) is 0 Å². The topological polar surface area (TPSA) is 12.1 Å². The summed E-state index contributed by atoms with van der Waals surface area (Å²) in [4.78, 5) is 2.15. The second-order valence-electron chi connectivity index (χ2n) is 4.66. The molecule has 0 aliphatic rings. The highest BCUT2D eigenvalue weighted by molar-refractivity contribution is 5.80. The summed E-state index contributed by atoms with van der Waals surface area (Å²) >= 11 is 0. The van der Waals surface area contributed by atoms with Gasteiger partial charge >= 0.3 is 0 Å². The highest BCUT2D eigenvalue weighted by atomic mass is 15.4. The van der Waals surface area contributed by atoms with Crippen molar-refractivity contribution in [3.8, 4) is 0 Å². The van der Waals surface area contributed by atoms with Crippen LogP contribution in [-0.2, 0) is 13.6 Å². The van der Waals surface area contributed by atoms with Gasteiger partial charge in [0, 0.05) is 19.7 Å². The Kier molecular flexibility index (Phi) is 4.16. The van der Waals surface area contributed by atoms with Crippen LogP contribution in [0.4, 0.5) is 5.69 Å². The Bertz CT molecular complexity index is 446. The molecular formula is C14H24N3+. The van der Waals surface area contributed by atoms with Crippen molar-refractivity contribution in [3.63, 3.8) is 0 Å². The molecule has 0 spiro atoms. The molecule has 1 aromatic heterocycles. The van der Waals surface area contributed by atoms with Gasteiger partial charge in [-0.05, 0) is 20.8 Å². The van der Waals surface area contributed by atoms with E-state index in [0.717, 1.165) is 6.54 Å². The Balaban J connectivity index is 3.58. The van der Waals surface area contributed by atoms with Gasteiger partial charge in [-0.15, -0.1) is 4.68 Å². The van der Waals surface area contributed by atoms with E-state index in [4.69, 9.17) is 0 Å². The predicted octanol–water partition coefficient (Wildman–Crippen LogP) is 2.38. The molecule has 0 bridgehead atoms. The molecular weight excluding hydrogens is 210 g/mol. The maximum Gasteiger partial charge on any atom is 0.219 e. The van der Waals surface area contributed by atoms with E-state index in [1.54, 1.807) is 0 Å². The zero-order valence-electron chi connectivity index (χ0n) is 11.9. The lowest BCUT2D eigenvalue weighted by atomic mass is 10.1. The number of allylic oxidation sites excluding steroid dienone is 3. The zero-order valence-corrected chi connectivity index (χ0v) is 11.9. The maximum absolute atomic E-state index is 3.94. The van der Waals surface area contributed by atoms with Crippen molar-refractivity contribution in [3.05, 3.63) is 30.1 Å². The van der Waals surface area contributed by atoms with Crippen LogP contribution >= 0.6 is 0 Å². The second-order valence-corrected chi connectivity index (χ2v) is 4.66. The monoisotopic (exact) mass is 234 g/mol. The summed E-state index contributed by atoms with van der Waals surface area (Å²) in [6.45, 7) is 11.3. The molecule has 0 unspecified atom stereocenters. The molecule has 0 amide bonds. The Morgan fingerprint density at radius 2 is 2.06 bits per heavy atom. The first kappa shape index (κ1) is 13.6. The first-order chi connectivity index (χ1) is 7.93. The quantitative estimate of drug-likeness (QED) is 0.575. The zero-order chi connectivity index (χ0) is 13.2. The summed E-state index contributed by atoms with van der Waals surface area (Å²) in [5, 5.41) is 0. The van der Waals surface area contributed by atoms with Gasteiger partial charge < -0.3 is 4.90 Å². The SMILES string of the molecule is C=CC(=C(C)C)c1c(N(C)C)c[n+](C)n1CC. The Labute approximate surface area is 105 Å². The van der Waals surface area contributed by atoms with Crippen LogP contribution in [0.5, 0.6) is 0 Å². The summed E-state index contributed by atoms with van der Waals surface area (Å²) in [6, 6.07) is 0. The van der Waals surface area contributed by atoms with Crippen molar-refractivity contribution in [2.75, 3.05) is 19.0 Å². The van der Waals surface area contributed by atoms with Gasteiger partial charge in [-0.1, -0.05) is 18.2 Å². The molecule has 3 heteroatoms. The number of anilines is 1. The minimum absolute atomic E-state index is 0.949. The average molecular weight is 234 g/mol. The number of nitrogens with zero attached hydrogens (tertiary/aromatic N) is 3. The molecule has 3 nitrogen and oxygen atoms in total. The highest BCUT2D eigenvalue weighted by Crippen LogP contribution is 2.28. The molecule has 0 radical (unpaired) electrons. The molecule has 0 saturated heterocycles. The minimum atomic E-state index is 0.949. The van der Waals surface area contributed by atoms with E-state index in [0.29, 0.717) is 0 Å². The average Bonchev–Trinajstić information content (AvgIpc) is 2.56. The van der Waals surface area contributed by atoms with Gasteiger partial charge in [0.1, 0.15) is 11.4 Å². The number of aryl methyl sites for hydroxylation is 1. The lowest BCUT2D eigenvalue weighted by molar-refractivity contribution is -0.753. The third-order valence-electron chi connectivity index (χ3n) is 2.97. The van der Waals surface area contributed by atoms with Crippen molar-refractivity contribution in [2.24, 2.45) is 7.05 Å². The lowest BCUT2D eigenvalue weighted by Gasteiger charge is -2.13. The standard InChI is InChI=1S/C14H24N3/c1-8-12(11(3)4)14-13(15(5)6)10-16(7)17(14)9-2/h8,10H,1,9H2,2-7H3/q+1. The van der Waals surface area contributed by atoms with Gasteiger partial charge in [0.15, 0.2) is 7.05 Å².